The van der Waals surface area contributed by atoms with E-state index in [1.165, 1.54) is 12.8 Å². The number of hydrogen-bond donors (Lipinski definition) is 1. The molecule has 3 atom stereocenters. The first kappa shape index (κ1) is 13.3. The second kappa shape index (κ2) is 5.68. The third-order valence-corrected chi connectivity index (χ3v) is 4.82. The summed E-state index contributed by atoms with van der Waals surface area (Å²) in [6.07, 6.45) is 6.72. The first-order chi connectivity index (χ1) is 8.23. The van der Waals surface area contributed by atoms with Crippen molar-refractivity contribution in [2.24, 2.45) is 5.41 Å². The van der Waals surface area contributed by atoms with Gasteiger partial charge in [0.05, 0.1) is 24.9 Å². The standard InChI is InChI=1S/C14H26O3/c1-3-14(4-2)12(15)9-13(14)17-10-11-7-5-6-8-16-11/h11-13,15H,3-10H2,1-2H3. The zero-order chi connectivity index (χ0) is 12.3. The van der Waals surface area contributed by atoms with Gasteiger partial charge in [-0.2, -0.15) is 0 Å². The minimum absolute atomic E-state index is 0.00860. The fourth-order valence-electron chi connectivity index (χ4n) is 3.30. The molecule has 1 aliphatic carbocycles. The lowest BCUT2D eigenvalue weighted by Gasteiger charge is -2.53. The average Bonchev–Trinajstić information content (AvgIpc) is 2.37. The van der Waals surface area contributed by atoms with Gasteiger partial charge in [0.15, 0.2) is 0 Å². The topological polar surface area (TPSA) is 38.7 Å². The summed E-state index contributed by atoms with van der Waals surface area (Å²) in [6.45, 7) is 5.89. The zero-order valence-electron chi connectivity index (χ0n) is 11.2. The van der Waals surface area contributed by atoms with Crippen LogP contribution >= 0.6 is 0 Å². The summed E-state index contributed by atoms with van der Waals surface area (Å²) < 4.78 is 11.7. The molecular formula is C14H26O3. The molecule has 1 aliphatic heterocycles. The van der Waals surface area contributed by atoms with Gasteiger partial charge >= 0.3 is 0 Å². The molecule has 3 nitrogen and oxygen atoms in total. The van der Waals surface area contributed by atoms with E-state index in [2.05, 4.69) is 13.8 Å². The predicted octanol–water partition coefficient (Wildman–Crippen LogP) is 2.51. The Labute approximate surface area is 104 Å². The van der Waals surface area contributed by atoms with Gasteiger partial charge in [0.2, 0.25) is 0 Å². The molecule has 0 aromatic heterocycles. The molecule has 1 saturated heterocycles. The molecule has 0 aromatic rings. The van der Waals surface area contributed by atoms with Crippen molar-refractivity contribution in [3.8, 4) is 0 Å². The third kappa shape index (κ3) is 2.51. The summed E-state index contributed by atoms with van der Waals surface area (Å²) in [5.74, 6) is 0. The summed E-state index contributed by atoms with van der Waals surface area (Å²) in [7, 11) is 0. The van der Waals surface area contributed by atoms with Crippen LogP contribution in [0.2, 0.25) is 0 Å². The SMILES string of the molecule is CCC1(CC)C(O)CC1OCC1CCCCO1. The normalized spacial score (nSPS) is 36.5. The maximum Gasteiger partial charge on any atom is 0.0808 e. The summed E-state index contributed by atoms with van der Waals surface area (Å²) >= 11 is 0. The Balaban J connectivity index is 1.79. The van der Waals surface area contributed by atoms with Crippen LogP contribution < -0.4 is 0 Å². The van der Waals surface area contributed by atoms with E-state index in [0.717, 1.165) is 32.3 Å². The van der Waals surface area contributed by atoms with Crippen molar-refractivity contribution < 1.29 is 14.6 Å². The van der Waals surface area contributed by atoms with E-state index in [1.807, 2.05) is 0 Å². The van der Waals surface area contributed by atoms with Gasteiger partial charge in [-0.25, -0.2) is 0 Å². The monoisotopic (exact) mass is 242 g/mol. The zero-order valence-corrected chi connectivity index (χ0v) is 11.2. The maximum atomic E-state index is 9.95. The van der Waals surface area contributed by atoms with Crippen LogP contribution in [0.15, 0.2) is 0 Å². The summed E-state index contributed by atoms with van der Waals surface area (Å²) in [5, 5.41) is 9.95. The molecule has 3 unspecified atom stereocenters. The van der Waals surface area contributed by atoms with Crippen LogP contribution in [-0.4, -0.2) is 36.6 Å². The highest BCUT2D eigenvalue weighted by molar-refractivity contribution is 5.02. The Kier molecular flexibility index (Phi) is 4.45. The highest BCUT2D eigenvalue weighted by Gasteiger charge is 2.52. The Hall–Kier alpha value is -0.120. The molecule has 1 N–H and O–H groups in total. The number of ether oxygens (including phenoxy) is 2. The van der Waals surface area contributed by atoms with Crippen molar-refractivity contribution in [2.75, 3.05) is 13.2 Å². The van der Waals surface area contributed by atoms with Gasteiger partial charge in [-0.15, -0.1) is 0 Å². The van der Waals surface area contributed by atoms with Gasteiger partial charge in [0, 0.05) is 18.4 Å². The van der Waals surface area contributed by atoms with Crippen LogP contribution in [0.5, 0.6) is 0 Å². The lowest BCUT2D eigenvalue weighted by atomic mass is 9.60. The van der Waals surface area contributed by atoms with E-state index in [0.29, 0.717) is 6.61 Å². The summed E-state index contributed by atoms with van der Waals surface area (Å²) in [4.78, 5) is 0. The number of hydrogen-bond acceptors (Lipinski definition) is 3. The van der Waals surface area contributed by atoms with Crippen molar-refractivity contribution in [2.45, 2.75) is 70.7 Å². The lowest BCUT2D eigenvalue weighted by molar-refractivity contribution is -0.208. The highest BCUT2D eigenvalue weighted by atomic mass is 16.5. The fourth-order valence-corrected chi connectivity index (χ4v) is 3.30. The molecular weight excluding hydrogens is 216 g/mol. The Morgan fingerprint density at radius 2 is 2.06 bits per heavy atom. The van der Waals surface area contributed by atoms with Gasteiger partial charge in [0.1, 0.15) is 0 Å². The van der Waals surface area contributed by atoms with E-state index in [9.17, 15) is 5.11 Å². The first-order valence-corrected chi connectivity index (χ1v) is 7.14. The molecule has 0 spiro atoms. The summed E-state index contributed by atoms with van der Waals surface area (Å²) in [6, 6.07) is 0. The maximum absolute atomic E-state index is 9.95. The number of rotatable bonds is 5. The van der Waals surface area contributed by atoms with Crippen LogP contribution in [0.4, 0.5) is 0 Å². The highest BCUT2D eigenvalue weighted by Crippen LogP contribution is 2.48. The predicted molar refractivity (Wildman–Crippen MR) is 67.0 cm³/mol. The third-order valence-electron chi connectivity index (χ3n) is 4.82. The molecule has 3 heteroatoms. The molecule has 0 amide bonds. The molecule has 1 saturated carbocycles. The van der Waals surface area contributed by atoms with Crippen LogP contribution in [0, 0.1) is 5.41 Å². The largest absolute Gasteiger partial charge is 0.392 e. The van der Waals surface area contributed by atoms with Gasteiger partial charge in [-0.3, -0.25) is 0 Å². The number of aliphatic hydroxyl groups excluding tert-OH is 1. The van der Waals surface area contributed by atoms with Crippen molar-refractivity contribution >= 4 is 0 Å². The van der Waals surface area contributed by atoms with Crippen molar-refractivity contribution in [1.82, 2.24) is 0 Å². The molecule has 2 fully saturated rings. The van der Waals surface area contributed by atoms with Crippen LogP contribution in [-0.2, 0) is 9.47 Å². The molecule has 0 bridgehead atoms. The average molecular weight is 242 g/mol. The van der Waals surface area contributed by atoms with E-state index >= 15 is 0 Å². The van der Waals surface area contributed by atoms with Gasteiger partial charge < -0.3 is 14.6 Å². The molecule has 2 aliphatic rings. The second-order valence-electron chi connectivity index (χ2n) is 5.50. The number of aliphatic hydroxyl groups is 1. The van der Waals surface area contributed by atoms with Crippen LogP contribution in [0.3, 0.4) is 0 Å². The molecule has 1 heterocycles. The van der Waals surface area contributed by atoms with Crippen LogP contribution in [0.25, 0.3) is 0 Å². The quantitative estimate of drug-likeness (QED) is 0.805. The molecule has 0 aromatic carbocycles. The van der Waals surface area contributed by atoms with E-state index in [-0.39, 0.29) is 23.7 Å². The van der Waals surface area contributed by atoms with E-state index in [4.69, 9.17) is 9.47 Å². The minimum atomic E-state index is -0.172. The van der Waals surface area contributed by atoms with Crippen molar-refractivity contribution in [1.29, 1.82) is 0 Å². The molecule has 0 radical (unpaired) electrons. The molecule has 2 rings (SSSR count). The minimum Gasteiger partial charge on any atom is -0.392 e. The molecule has 100 valence electrons. The van der Waals surface area contributed by atoms with Crippen molar-refractivity contribution in [3.63, 3.8) is 0 Å². The lowest BCUT2D eigenvalue weighted by Crippen LogP contribution is -2.58. The van der Waals surface area contributed by atoms with Crippen LogP contribution in [0.1, 0.15) is 52.4 Å². The molecule has 17 heavy (non-hydrogen) atoms. The van der Waals surface area contributed by atoms with Gasteiger partial charge in [-0.1, -0.05) is 13.8 Å². The fraction of sp³-hybridized carbons (Fsp3) is 1.00. The van der Waals surface area contributed by atoms with Crippen molar-refractivity contribution in [3.05, 3.63) is 0 Å². The first-order valence-electron chi connectivity index (χ1n) is 7.14. The summed E-state index contributed by atoms with van der Waals surface area (Å²) in [5.41, 5.74) is 0.00860. The Morgan fingerprint density at radius 1 is 1.29 bits per heavy atom. The van der Waals surface area contributed by atoms with E-state index < -0.39 is 0 Å². The Morgan fingerprint density at radius 3 is 2.59 bits per heavy atom. The van der Waals surface area contributed by atoms with Gasteiger partial charge in [0.25, 0.3) is 0 Å². The smallest absolute Gasteiger partial charge is 0.0808 e. The second-order valence-corrected chi connectivity index (χ2v) is 5.50. The van der Waals surface area contributed by atoms with Gasteiger partial charge in [-0.05, 0) is 32.1 Å². The Bertz CT molecular complexity index is 232. The van der Waals surface area contributed by atoms with E-state index in [1.54, 1.807) is 0 Å².